The second-order valence-electron chi connectivity index (χ2n) is 28.2. The molecular formula is C77H150O17P2. The van der Waals surface area contributed by atoms with Gasteiger partial charge in [-0.25, -0.2) is 9.13 Å². The van der Waals surface area contributed by atoms with Crippen molar-refractivity contribution >= 4 is 39.5 Å². The summed E-state index contributed by atoms with van der Waals surface area (Å²) < 4.78 is 68.6. The van der Waals surface area contributed by atoms with Crippen molar-refractivity contribution in [2.75, 3.05) is 39.6 Å². The van der Waals surface area contributed by atoms with E-state index in [0.29, 0.717) is 31.6 Å². The van der Waals surface area contributed by atoms with E-state index in [2.05, 4.69) is 34.6 Å². The Morgan fingerprint density at radius 2 is 0.479 bits per heavy atom. The Morgan fingerprint density at radius 1 is 0.281 bits per heavy atom. The van der Waals surface area contributed by atoms with Crippen LogP contribution in [0.3, 0.4) is 0 Å². The highest BCUT2D eigenvalue weighted by atomic mass is 31.2. The van der Waals surface area contributed by atoms with Crippen LogP contribution in [-0.2, 0) is 65.4 Å². The van der Waals surface area contributed by atoms with Crippen molar-refractivity contribution in [1.82, 2.24) is 0 Å². The summed E-state index contributed by atoms with van der Waals surface area (Å²) in [6.45, 7) is 7.26. The monoisotopic (exact) mass is 1410 g/mol. The Kier molecular flexibility index (Phi) is 68.7. The van der Waals surface area contributed by atoms with Crippen molar-refractivity contribution in [1.29, 1.82) is 0 Å². The molecule has 0 saturated carbocycles. The molecule has 17 nitrogen and oxygen atoms in total. The Balaban J connectivity index is 5.24. The molecule has 0 saturated heterocycles. The quantitative estimate of drug-likeness (QED) is 0.0222. The zero-order valence-corrected chi connectivity index (χ0v) is 64.3. The number of ether oxygens (including phenoxy) is 4. The molecule has 5 atom stereocenters. The van der Waals surface area contributed by atoms with E-state index >= 15 is 0 Å². The van der Waals surface area contributed by atoms with Crippen molar-refractivity contribution in [2.24, 2.45) is 5.92 Å². The Labute approximate surface area is 588 Å². The summed E-state index contributed by atoms with van der Waals surface area (Å²) in [5, 5.41) is 10.6. The SMILES string of the molecule is CCCCCCCCCCCCCCCCCCC(=O)OC[C@H](COP(=O)(O)OC[C@@H](O)COP(=O)(O)OC[C@@H](COC(=O)CCCCCCCCCC(C)C)OC(=O)CCCCCCCCCCCCCCCC)OC(=O)CCCCCCCCCCCCCCCCCC. The van der Waals surface area contributed by atoms with Gasteiger partial charge < -0.3 is 33.8 Å². The van der Waals surface area contributed by atoms with Gasteiger partial charge in [-0.15, -0.1) is 0 Å². The van der Waals surface area contributed by atoms with Crippen molar-refractivity contribution in [2.45, 2.75) is 425 Å². The van der Waals surface area contributed by atoms with E-state index < -0.39 is 97.5 Å². The van der Waals surface area contributed by atoms with Gasteiger partial charge in [-0.2, -0.15) is 0 Å². The summed E-state index contributed by atoms with van der Waals surface area (Å²) in [7, 11) is -9.91. The van der Waals surface area contributed by atoms with Crippen LogP contribution >= 0.6 is 15.6 Å². The molecule has 0 aliphatic rings. The first-order chi connectivity index (χ1) is 46.5. The zero-order chi connectivity index (χ0) is 70.5. The van der Waals surface area contributed by atoms with Crippen molar-refractivity contribution in [3.8, 4) is 0 Å². The first-order valence-electron chi connectivity index (χ1n) is 40.1. The van der Waals surface area contributed by atoms with Crippen molar-refractivity contribution in [3.63, 3.8) is 0 Å². The largest absolute Gasteiger partial charge is 0.472 e. The van der Waals surface area contributed by atoms with Gasteiger partial charge >= 0.3 is 39.5 Å². The number of rotatable bonds is 77. The van der Waals surface area contributed by atoms with E-state index in [1.54, 1.807) is 0 Å². The fourth-order valence-electron chi connectivity index (χ4n) is 11.9. The Morgan fingerprint density at radius 3 is 0.708 bits per heavy atom. The number of carbonyl (C=O) groups is 4. The predicted octanol–water partition coefficient (Wildman–Crippen LogP) is 22.9. The van der Waals surface area contributed by atoms with Gasteiger partial charge in [0.25, 0.3) is 0 Å². The Hall–Kier alpha value is -1.94. The number of esters is 4. The minimum Gasteiger partial charge on any atom is -0.462 e. The van der Waals surface area contributed by atoms with Gasteiger partial charge in [-0.1, -0.05) is 356 Å². The number of carbonyl (C=O) groups excluding carboxylic acids is 4. The third-order valence-corrected chi connectivity index (χ3v) is 19.9. The van der Waals surface area contributed by atoms with Crippen LogP contribution in [0, 0.1) is 5.92 Å². The molecule has 0 fully saturated rings. The molecular weight excluding hydrogens is 1260 g/mol. The van der Waals surface area contributed by atoms with E-state index in [1.165, 1.54) is 225 Å². The molecule has 0 aromatic rings. The molecule has 0 spiro atoms. The van der Waals surface area contributed by atoms with Crippen molar-refractivity contribution < 1.29 is 80.2 Å². The topological polar surface area (TPSA) is 237 Å². The van der Waals surface area contributed by atoms with Crippen LogP contribution in [0.4, 0.5) is 0 Å². The van der Waals surface area contributed by atoms with Crippen LogP contribution in [0.5, 0.6) is 0 Å². The second kappa shape index (κ2) is 70.1. The molecule has 3 N–H and O–H groups in total. The third kappa shape index (κ3) is 70.5. The van der Waals surface area contributed by atoms with Gasteiger partial charge in [0.2, 0.25) is 0 Å². The van der Waals surface area contributed by atoms with E-state index in [4.69, 9.17) is 37.0 Å². The first-order valence-corrected chi connectivity index (χ1v) is 43.1. The lowest BCUT2D eigenvalue weighted by atomic mass is 10.0. The van der Waals surface area contributed by atoms with Gasteiger partial charge in [0.05, 0.1) is 26.4 Å². The van der Waals surface area contributed by atoms with Crippen LogP contribution in [0.25, 0.3) is 0 Å². The lowest BCUT2D eigenvalue weighted by Crippen LogP contribution is -2.30. The molecule has 0 radical (unpaired) electrons. The average molecular weight is 1410 g/mol. The molecule has 19 heteroatoms. The van der Waals surface area contributed by atoms with Gasteiger partial charge in [0.15, 0.2) is 12.2 Å². The third-order valence-electron chi connectivity index (χ3n) is 18.0. The minimum absolute atomic E-state index is 0.107. The summed E-state index contributed by atoms with van der Waals surface area (Å²) in [6.07, 6.45) is 59.6. The average Bonchev–Trinajstić information content (AvgIpc) is 2.99. The molecule has 0 bridgehead atoms. The molecule has 96 heavy (non-hydrogen) atoms. The summed E-state index contributed by atoms with van der Waals surface area (Å²) in [4.78, 5) is 72.9. The van der Waals surface area contributed by atoms with E-state index in [9.17, 15) is 43.2 Å². The number of phosphoric ester groups is 2. The lowest BCUT2D eigenvalue weighted by Gasteiger charge is -2.21. The highest BCUT2D eigenvalue weighted by Crippen LogP contribution is 2.45. The number of hydrogen-bond acceptors (Lipinski definition) is 15. The molecule has 0 rings (SSSR count). The van der Waals surface area contributed by atoms with Crippen LogP contribution in [0.2, 0.25) is 0 Å². The number of aliphatic hydroxyl groups is 1. The predicted molar refractivity (Wildman–Crippen MR) is 391 cm³/mol. The summed E-state index contributed by atoms with van der Waals surface area (Å²) >= 11 is 0. The molecule has 0 aliphatic heterocycles. The number of phosphoric acid groups is 2. The summed E-state index contributed by atoms with van der Waals surface area (Å²) in [6, 6.07) is 0. The molecule has 0 amide bonds. The molecule has 2 unspecified atom stereocenters. The fourth-order valence-corrected chi connectivity index (χ4v) is 13.5. The smallest absolute Gasteiger partial charge is 0.462 e. The van der Waals surface area contributed by atoms with E-state index in [1.807, 2.05) is 0 Å². The molecule has 0 aliphatic carbocycles. The fraction of sp³-hybridized carbons (Fsp3) is 0.948. The maximum atomic E-state index is 13.1. The number of unbranched alkanes of at least 4 members (excludes halogenated alkanes) is 49. The molecule has 570 valence electrons. The highest BCUT2D eigenvalue weighted by molar-refractivity contribution is 7.47. The molecule has 0 aromatic carbocycles. The second-order valence-corrected chi connectivity index (χ2v) is 31.1. The maximum absolute atomic E-state index is 13.1. The van der Waals surface area contributed by atoms with Gasteiger partial charge in [0.1, 0.15) is 19.3 Å². The van der Waals surface area contributed by atoms with Crippen LogP contribution in [0.1, 0.15) is 407 Å². The Bertz CT molecular complexity index is 1840. The zero-order valence-electron chi connectivity index (χ0n) is 62.5. The minimum atomic E-state index is -4.96. The normalized spacial score (nSPS) is 13.9. The van der Waals surface area contributed by atoms with E-state index in [0.717, 1.165) is 96.3 Å². The summed E-state index contributed by atoms with van der Waals surface area (Å²) in [5.74, 6) is -1.41. The maximum Gasteiger partial charge on any atom is 0.472 e. The van der Waals surface area contributed by atoms with Crippen LogP contribution < -0.4 is 0 Å². The standard InChI is InChI=1S/C77H150O17P2/c1-6-9-12-15-18-21-24-27-30-32-35-37-40-45-50-55-60-74(79)87-66-72(93-76(81)63-58-53-47-42-39-36-33-31-28-25-22-19-16-13-10-7-2)68-91-95(83,84)89-64-71(78)65-90-96(85,86)92-69-73(67-88-75(80)61-56-51-48-43-44-49-54-59-70(4)5)94-77(82)62-57-52-46-41-38-34-29-26-23-20-17-14-11-8-3/h70-73,78H,6-69H2,1-5H3,(H,83,84)(H,85,86)/t71-,72-,73-/m1/s1. The van der Waals surface area contributed by atoms with Crippen LogP contribution in [0.15, 0.2) is 0 Å². The molecule has 0 heterocycles. The highest BCUT2D eigenvalue weighted by Gasteiger charge is 2.30. The number of hydrogen-bond donors (Lipinski definition) is 3. The van der Waals surface area contributed by atoms with Gasteiger partial charge in [-0.3, -0.25) is 37.3 Å². The van der Waals surface area contributed by atoms with Crippen LogP contribution in [-0.4, -0.2) is 96.7 Å². The van der Waals surface area contributed by atoms with E-state index in [-0.39, 0.29) is 25.7 Å². The van der Waals surface area contributed by atoms with Gasteiger partial charge in [-0.05, 0) is 31.6 Å². The summed E-state index contributed by atoms with van der Waals surface area (Å²) in [5.41, 5.74) is 0. The van der Waals surface area contributed by atoms with Gasteiger partial charge in [0, 0.05) is 25.7 Å². The lowest BCUT2D eigenvalue weighted by molar-refractivity contribution is -0.161. The van der Waals surface area contributed by atoms with Crippen molar-refractivity contribution in [3.05, 3.63) is 0 Å². The molecule has 0 aromatic heterocycles. The number of aliphatic hydroxyl groups excluding tert-OH is 1. The first kappa shape index (κ1) is 94.1.